The van der Waals surface area contributed by atoms with Gasteiger partial charge >= 0.3 is 0 Å². The molecule has 1 rings (SSSR count). The second kappa shape index (κ2) is 6.36. The van der Waals surface area contributed by atoms with Crippen molar-refractivity contribution < 1.29 is 0 Å². The largest absolute Gasteiger partial charge is 0.370 e. The molecule has 0 atom stereocenters. The Labute approximate surface area is 109 Å². The van der Waals surface area contributed by atoms with Gasteiger partial charge in [0.15, 0.2) is 5.96 Å². The van der Waals surface area contributed by atoms with E-state index in [9.17, 15) is 0 Å². The molecule has 0 aliphatic rings. The fraction of sp³-hybridized carbons (Fsp3) is 0.200. The Hall–Kier alpha value is -1.40. The summed E-state index contributed by atoms with van der Waals surface area (Å²) < 4.78 is 0. The van der Waals surface area contributed by atoms with Crippen molar-refractivity contribution in [3.63, 3.8) is 0 Å². The number of nitrogens with two attached hydrogens (primary N) is 3. The van der Waals surface area contributed by atoms with Crippen LogP contribution in [0.2, 0.25) is 5.02 Å². The van der Waals surface area contributed by atoms with Crippen molar-refractivity contribution in [3.8, 4) is 0 Å². The van der Waals surface area contributed by atoms with E-state index in [2.05, 4.69) is 16.9 Å². The number of hydrogen-bond donors (Lipinski definition) is 3. The van der Waals surface area contributed by atoms with Crippen LogP contribution in [-0.4, -0.2) is 17.7 Å². The topological polar surface area (TPSA) is 103 Å². The van der Waals surface area contributed by atoms with Crippen LogP contribution in [0.25, 0.3) is 0 Å². The Morgan fingerprint density at radius 3 is 2.59 bits per heavy atom. The lowest BCUT2D eigenvalue weighted by Crippen LogP contribution is -2.26. The molecule has 0 aliphatic heterocycles. The van der Waals surface area contributed by atoms with Gasteiger partial charge in [0.1, 0.15) is 0 Å². The normalized spacial score (nSPS) is 11.3. The SMILES string of the molecule is CCSc1ccc(N=C(N)N=C(N)N)cc1Cl. The predicted octanol–water partition coefficient (Wildman–Crippen LogP) is 1.67. The molecule has 1 aromatic carbocycles. The smallest absolute Gasteiger partial charge is 0.223 e. The Morgan fingerprint density at radius 1 is 1.35 bits per heavy atom. The van der Waals surface area contributed by atoms with Gasteiger partial charge in [-0.1, -0.05) is 18.5 Å². The number of hydrogen-bond acceptors (Lipinski definition) is 2. The first kappa shape index (κ1) is 13.7. The number of benzene rings is 1. The summed E-state index contributed by atoms with van der Waals surface area (Å²) in [5.74, 6) is 0.825. The maximum absolute atomic E-state index is 6.08. The van der Waals surface area contributed by atoms with Gasteiger partial charge in [-0.05, 0) is 24.0 Å². The maximum Gasteiger partial charge on any atom is 0.223 e. The fourth-order valence-electron chi connectivity index (χ4n) is 1.12. The van der Waals surface area contributed by atoms with Crippen molar-refractivity contribution in [2.45, 2.75) is 11.8 Å². The fourth-order valence-corrected chi connectivity index (χ4v) is 2.13. The second-order valence-corrected chi connectivity index (χ2v) is 4.77. The number of rotatable bonds is 3. The van der Waals surface area contributed by atoms with Crippen LogP contribution in [0.3, 0.4) is 0 Å². The Balaban J connectivity index is 2.94. The van der Waals surface area contributed by atoms with Crippen LogP contribution in [0.5, 0.6) is 0 Å². The molecule has 0 amide bonds. The van der Waals surface area contributed by atoms with E-state index < -0.39 is 0 Å². The lowest BCUT2D eigenvalue weighted by Gasteiger charge is -2.03. The highest BCUT2D eigenvalue weighted by Gasteiger charge is 2.01. The van der Waals surface area contributed by atoms with Crippen molar-refractivity contribution in [1.29, 1.82) is 0 Å². The van der Waals surface area contributed by atoms with E-state index in [4.69, 9.17) is 28.8 Å². The predicted molar refractivity (Wildman–Crippen MR) is 74.9 cm³/mol. The molecule has 17 heavy (non-hydrogen) atoms. The van der Waals surface area contributed by atoms with Gasteiger partial charge in [0.2, 0.25) is 5.96 Å². The Bertz CT molecular complexity index is 454. The van der Waals surface area contributed by atoms with Crippen LogP contribution in [-0.2, 0) is 0 Å². The summed E-state index contributed by atoms with van der Waals surface area (Å²) in [5, 5.41) is 0.635. The van der Waals surface area contributed by atoms with Gasteiger partial charge in [-0.3, -0.25) is 0 Å². The summed E-state index contributed by atoms with van der Waals surface area (Å²) in [7, 11) is 0. The van der Waals surface area contributed by atoms with Gasteiger partial charge in [0, 0.05) is 4.90 Å². The van der Waals surface area contributed by atoms with E-state index in [1.165, 1.54) is 0 Å². The van der Waals surface area contributed by atoms with E-state index in [-0.39, 0.29) is 11.9 Å². The molecule has 0 fully saturated rings. The molecule has 0 bridgehead atoms. The molecule has 0 saturated heterocycles. The molecule has 0 saturated carbocycles. The molecule has 0 aromatic heterocycles. The third kappa shape index (κ3) is 4.54. The first-order chi connectivity index (χ1) is 8.02. The lowest BCUT2D eigenvalue weighted by atomic mass is 10.3. The number of nitrogens with zero attached hydrogens (tertiary/aromatic N) is 2. The van der Waals surface area contributed by atoms with Crippen molar-refractivity contribution in [1.82, 2.24) is 0 Å². The zero-order chi connectivity index (χ0) is 12.8. The van der Waals surface area contributed by atoms with E-state index in [1.807, 2.05) is 6.07 Å². The summed E-state index contributed by atoms with van der Waals surface area (Å²) in [5.41, 5.74) is 16.5. The minimum absolute atomic E-state index is 0.00281. The van der Waals surface area contributed by atoms with E-state index in [0.717, 1.165) is 10.6 Å². The monoisotopic (exact) mass is 271 g/mol. The summed E-state index contributed by atoms with van der Waals surface area (Å²) in [6, 6.07) is 5.41. The van der Waals surface area contributed by atoms with Crippen molar-refractivity contribution in [2.24, 2.45) is 27.2 Å². The minimum Gasteiger partial charge on any atom is -0.370 e. The zero-order valence-corrected chi connectivity index (χ0v) is 10.9. The number of thioether (sulfide) groups is 1. The maximum atomic E-state index is 6.08. The van der Waals surface area contributed by atoms with E-state index >= 15 is 0 Å². The average Bonchev–Trinajstić information content (AvgIpc) is 2.21. The van der Waals surface area contributed by atoms with Gasteiger partial charge in [-0.2, -0.15) is 4.99 Å². The van der Waals surface area contributed by atoms with Gasteiger partial charge in [0.05, 0.1) is 10.7 Å². The van der Waals surface area contributed by atoms with Gasteiger partial charge in [-0.25, -0.2) is 4.99 Å². The summed E-state index contributed by atoms with van der Waals surface area (Å²) in [6.45, 7) is 2.06. The van der Waals surface area contributed by atoms with Gasteiger partial charge in [-0.15, -0.1) is 11.8 Å². The Morgan fingerprint density at radius 2 is 2.06 bits per heavy atom. The molecule has 6 N–H and O–H groups in total. The van der Waals surface area contributed by atoms with Crippen LogP contribution in [0.1, 0.15) is 6.92 Å². The second-order valence-electron chi connectivity index (χ2n) is 3.05. The quantitative estimate of drug-likeness (QED) is 0.442. The molecule has 0 heterocycles. The van der Waals surface area contributed by atoms with Crippen molar-refractivity contribution in [2.75, 3.05) is 5.75 Å². The van der Waals surface area contributed by atoms with E-state index in [1.54, 1.807) is 23.9 Å². The number of halogens is 1. The van der Waals surface area contributed by atoms with Crippen LogP contribution < -0.4 is 17.2 Å². The number of aliphatic imine (C=N–C) groups is 2. The molecule has 5 nitrogen and oxygen atoms in total. The molecule has 0 unspecified atom stereocenters. The average molecular weight is 272 g/mol. The number of guanidine groups is 2. The molecular formula is C10H14ClN5S. The highest BCUT2D eigenvalue weighted by Crippen LogP contribution is 2.30. The molecule has 0 radical (unpaired) electrons. The third-order valence-corrected chi connectivity index (χ3v) is 3.08. The van der Waals surface area contributed by atoms with E-state index in [0.29, 0.717) is 10.7 Å². The molecule has 0 spiro atoms. The molecule has 0 aliphatic carbocycles. The summed E-state index contributed by atoms with van der Waals surface area (Å²) >= 11 is 7.74. The van der Waals surface area contributed by atoms with Crippen LogP contribution in [0, 0.1) is 0 Å². The minimum atomic E-state index is -0.129. The van der Waals surface area contributed by atoms with Crippen molar-refractivity contribution >= 4 is 41.0 Å². The standard InChI is InChI=1S/C10H14ClN5S/c1-2-17-8-4-3-6(5-7(8)11)15-10(14)16-9(12)13/h3-5H,2H2,1H3,(H6,12,13,14,15,16). The lowest BCUT2D eigenvalue weighted by molar-refractivity contribution is 1.36. The van der Waals surface area contributed by atoms with Crippen molar-refractivity contribution in [3.05, 3.63) is 23.2 Å². The van der Waals surface area contributed by atoms with Crippen LogP contribution >= 0.6 is 23.4 Å². The first-order valence-corrected chi connectivity index (χ1v) is 6.25. The first-order valence-electron chi connectivity index (χ1n) is 4.89. The zero-order valence-electron chi connectivity index (χ0n) is 9.35. The highest BCUT2D eigenvalue weighted by molar-refractivity contribution is 7.99. The van der Waals surface area contributed by atoms with Crippen LogP contribution in [0.4, 0.5) is 5.69 Å². The molecular weight excluding hydrogens is 258 g/mol. The Kier molecular flexibility index (Phi) is 5.11. The molecule has 1 aromatic rings. The molecule has 92 valence electrons. The van der Waals surface area contributed by atoms with Crippen LogP contribution in [0.15, 0.2) is 33.1 Å². The third-order valence-electron chi connectivity index (χ3n) is 1.70. The van der Waals surface area contributed by atoms with Gasteiger partial charge in [0.25, 0.3) is 0 Å². The van der Waals surface area contributed by atoms with Gasteiger partial charge < -0.3 is 17.2 Å². The summed E-state index contributed by atoms with van der Waals surface area (Å²) in [6.07, 6.45) is 0. The summed E-state index contributed by atoms with van der Waals surface area (Å²) in [4.78, 5) is 8.64. The highest BCUT2D eigenvalue weighted by atomic mass is 35.5. The molecule has 7 heteroatoms.